The summed E-state index contributed by atoms with van der Waals surface area (Å²) in [4.78, 5) is 0. The quantitative estimate of drug-likeness (QED) is 0.334. The molecule has 0 aliphatic rings. The molecule has 1 aromatic carbocycles. The first-order chi connectivity index (χ1) is 5.81. The van der Waals surface area contributed by atoms with Crippen LogP contribution < -0.4 is 0 Å². The van der Waals surface area contributed by atoms with Crippen molar-refractivity contribution in [3.63, 3.8) is 0 Å². The number of benzene rings is 1. The SMILES string of the molecule is Cl[I]c1ccc([I]Cl)c([I]Cl)c1. The van der Waals surface area contributed by atoms with E-state index in [4.69, 9.17) is 26.7 Å². The van der Waals surface area contributed by atoms with Crippen molar-refractivity contribution in [2.24, 2.45) is 0 Å². The van der Waals surface area contributed by atoms with E-state index in [2.05, 4.69) is 18.2 Å². The summed E-state index contributed by atoms with van der Waals surface area (Å²) in [6.45, 7) is 0. The maximum absolute atomic E-state index is 5.88. The number of halogens is 6. The zero-order valence-corrected chi connectivity index (χ0v) is 14.2. The minimum Gasteiger partial charge on any atom is -0.0491 e. The summed E-state index contributed by atoms with van der Waals surface area (Å²) >= 11 is -1.05. The van der Waals surface area contributed by atoms with Gasteiger partial charge in [-0.15, -0.1) is 0 Å². The van der Waals surface area contributed by atoms with Crippen LogP contribution in [-0.4, -0.2) is 0 Å². The van der Waals surface area contributed by atoms with Crippen molar-refractivity contribution in [3.05, 3.63) is 28.9 Å². The molecule has 0 amide bonds. The normalized spacial score (nSPS) is 10.2. The molecular formula is C6H3Cl3I3. The van der Waals surface area contributed by atoms with Gasteiger partial charge in [-0.3, -0.25) is 0 Å². The Balaban J connectivity index is 3.02. The van der Waals surface area contributed by atoms with Gasteiger partial charge < -0.3 is 0 Å². The summed E-state index contributed by atoms with van der Waals surface area (Å²) in [5.74, 6) is 0. The van der Waals surface area contributed by atoms with E-state index in [1.165, 1.54) is 10.7 Å². The summed E-state index contributed by atoms with van der Waals surface area (Å²) in [6, 6.07) is 6.27. The highest BCUT2D eigenvalue weighted by Crippen LogP contribution is 2.39. The molecule has 0 N–H and O–H groups in total. The predicted octanol–water partition coefficient (Wildman–Crippen LogP) is 5.57. The van der Waals surface area contributed by atoms with Gasteiger partial charge in [0.1, 0.15) is 0 Å². The number of rotatable bonds is 3. The first-order valence-electron chi connectivity index (χ1n) is 2.73. The molecule has 0 fully saturated rings. The first kappa shape index (κ1) is 12.4. The standard InChI is InChI=1S/C6H3Cl3I3/c7-10-4-1-2-5(11-8)6(3-4)12-9/h1-3H. The van der Waals surface area contributed by atoms with E-state index in [0.29, 0.717) is 0 Å². The van der Waals surface area contributed by atoms with Crippen LogP contribution >= 0.6 is 87.0 Å². The third-order valence-electron chi connectivity index (χ3n) is 1.12. The summed E-state index contributed by atoms with van der Waals surface area (Å²) in [7, 11) is 17.5. The summed E-state index contributed by atoms with van der Waals surface area (Å²) in [6.07, 6.45) is 0. The Bertz CT molecular complexity index is 266. The topological polar surface area (TPSA) is 0 Å². The Morgan fingerprint density at radius 2 is 1.50 bits per heavy atom. The van der Waals surface area contributed by atoms with E-state index < -0.39 is 0 Å². The van der Waals surface area contributed by atoms with Crippen molar-refractivity contribution in [1.29, 1.82) is 0 Å². The van der Waals surface area contributed by atoms with E-state index in [1.54, 1.807) is 0 Å². The molecule has 0 unspecified atom stereocenters. The number of hydrogen-bond acceptors (Lipinski definition) is 0. The summed E-state index contributed by atoms with van der Waals surface area (Å²) in [5, 5.41) is 0. The molecule has 0 heterocycles. The largest absolute Gasteiger partial charge is 0.0491 e. The molecule has 0 saturated heterocycles. The second-order valence-electron chi connectivity index (χ2n) is 1.77. The van der Waals surface area contributed by atoms with Gasteiger partial charge in [-0.1, -0.05) is 0 Å². The van der Waals surface area contributed by atoms with Gasteiger partial charge in [-0.2, -0.15) is 0 Å². The van der Waals surface area contributed by atoms with E-state index in [1.807, 2.05) is 0 Å². The van der Waals surface area contributed by atoms with Gasteiger partial charge in [-0.05, 0) is 105 Å². The van der Waals surface area contributed by atoms with Gasteiger partial charge in [0, 0.05) is 10.7 Å². The smallest absolute Gasteiger partial charge is 0.0334 e. The molecule has 12 heavy (non-hydrogen) atoms. The van der Waals surface area contributed by atoms with Crippen LogP contribution in [0.3, 0.4) is 0 Å². The molecule has 0 saturated carbocycles. The lowest BCUT2D eigenvalue weighted by Crippen LogP contribution is -1.82. The molecule has 1 aromatic rings. The third-order valence-corrected chi connectivity index (χ3v) is 9.18. The molecule has 0 aliphatic heterocycles. The van der Waals surface area contributed by atoms with Crippen LogP contribution in [0, 0.1) is 10.7 Å². The number of hydrogen-bond donors (Lipinski definition) is 0. The highest BCUT2D eigenvalue weighted by Gasteiger charge is 2.03. The van der Waals surface area contributed by atoms with Crippen LogP contribution in [0.2, 0.25) is 0 Å². The monoisotopic (exact) mass is 561 g/mol. The van der Waals surface area contributed by atoms with E-state index >= 15 is 0 Å². The molecular weight excluding hydrogens is 559 g/mol. The Kier molecular flexibility index (Phi) is 6.90. The molecule has 0 bridgehead atoms. The Labute approximate surface area is 114 Å². The predicted molar refractivity (Wildman–Crippen MR) is 82.2 cm³/mol. The minimum atomic E-state index is -0.367. The Morgan fingerprint density at radius 1 is 0.833 bits per heavy atom. The van der Waals surface area contributed by atoms with Crippen molar-refractivity contribution in [2.45, 2.75) is 0 Å². The highest BCUT2D eigenvalue weighted by atomic mass is 127. The molecule has 0 aromatic heterocycles. The fraction of sp³-hybridized carbons (Fsp3) is 0. The maximum Gasteiger partial charge on any atom is 0.0334 e. The molecule has 69 valence electrons. The van der Waals surface area contributed by atoms with E-state index in [9.17, 15) is 0 Å². The second kappa shape index (κ2) is 6.71. The molecule has 6 heteroatoms. The fourth-order valence-corrected chi connectivity index (χ4v) is 8.67. The lowest BCUT2D eigenvalue weighted by molar-refractivity contribution is 1.54. The van der Waals surface area contributed by atoms with Gasteiger partial charge in [0.05, 0.1) is 0 Å². The maximum atomic E-state index is 5.88. The van der Waals surface area contributed by atoms with E-state index in [-0.39, 0.29) is 60.2 Å². The fourth-order valence-electron chi connectivity index (χ4n) is 0.628. The van der Waals surface area contributed by atoms with Gasteiger partial charge in [-0.25, -0.2) is 0 Å². The van der Waals surface area contributed by atoms with Crippen molar-refractivity contribution in [2.75, 3.05) is 0 Å². The van der Waals surface area contributed by atoms with Crippen molar-refractivity contribution in [3.8, 4) is 0 Å². The first-order valence-corrected chi connectivity index (χ1v) is 14.2. The lowest BCUT2D eigenvalue weighted by atomic mass is 10.4. The van der Waals surface area contributed by atoms with E-state index in [0.717, 1.165) is 0 Å². The third kappa shape index (κ3) is 3.45. The minimum absolute atomic E-state index is 0.331. The molecule has 0 aliphatic carbocycles. The van der Waals surface area contributed by atoms with Crippen molar-refractivity contribution >= 4 is 87.0 Å². The van der Waals surface area contributed by atoms with Gasteiger partial charge in [0.2, 0.25) is 0 Å². The zero-order chi connectivity index (χ0) is 8.97. The zero-order valence-electron chi connectivity index (χ0n) is 5.50. The van der Waals surface area contributed by atoms with Gasteiger partial charge >= 0.3 is 0 Å². The average Bonchev–Trinajstić information content (AvgIpc) is 2.16. The molecule has 0 atom stereocenters. The second-order valence-corrected chi connectivity index (χ2v) is 9.44. The van der Waals surface area contributed by atoms with Gasteiger partial charge in [0.25, 0.3) is 0 Å². The molecule has 0 spiro atoms. The summed E-state index contributed by atoms with van der Waals surface area (Å²) < 4.78 is 3.76. The average molecular weight is 562 g/mol. The Hall–Kier alpha value is 2.28. The molecule has 1 rings (SSSR count). The van der Waals surface area contributed by atoms with Crippen LogP contribution in [0.15, 0.2) is 18.2 Å². The molecule has 0 nitrogen and oxygen atoms in total. The van der Waals surface area contributed by atoms with Crippen molar-refractivity contribution < 1.29 is 0 Å². The highest BCUT2D eigenvalue weighted by molar-refractivity contribution is 14.2. The van der Waals surface area contributed by atoms with Crippen LogP contribution in [0.5, 0.6) is 0 Å². The van der Waals surface area contributed by atoms with Crippen LogP contribution in [-0.2, 0) is 0 Å². The van der Waals surface area contributed by atoms with Gasteiger partial charge in [0.15, 0.2) is 0 Å². The van der Waals surface area contributed by atoms with Crippen LogP contribution in [0.1, 0.15) is 0 Å². The van der Waals surface area contributed by atoms with Crippen LogP contribution in [0.4, 0.5) is 0 Å². The van der Waals surface area contributed by atoms with Crippen LogP contribution in [0.25, 0.3) is 0 Å². The van der Waals surface area contributed by atoms with Crippen molar-refractivity contribution in [1.82, 2.24) is 0 Å². The Morgan fingerprint density at radius 3 is 2.00 bits per heavy atom. The lowest BCUT2D eigenvalue weighted by Gasteiger charge is -2.02. The molecule has 3 radical (unpaired) electrons. The summed E-state index contributed by atoms with van der Waals surface area (Å²) in [5.41, 5.74) is 0.